The number of hydrogen-bond acceptors (Lipinski definition) is 4. The Labute approximate surface area is 164 Å². The summed E-state index contributed by atoms with van der Waals surface area (Å²) in [6, 6.07) is 4.28. The van der Waals surface area contributed by atoms with Crippen molar-refractivity contribution < 1.29 is 0 Å². The fraction of sp³-hybridized carbons (Fsp3) is 0.562. The molecule has 2 aromatic rings. The lowest BCUT2D eigenvalue weighted by molar-refractivity contribution is 0.491. The molecule has 0 bridgehead atoms. The topological polar surface area (TPSA) is 58.3 Å². The molecule has 0 aliphatic carbocycles. The zero-order chi connectivity index (χ0) is 16.1. The highest BCUT2D eigenvalue weighted by Gasteiger charge is 2.16. The summed E-state index contributed by atoms with van der Waals surface area (Å²) in [5.41, 5.74) is 0. The van der Waals surface area contributed by atoms with Gasteiger partial charge in [-0.2, -0.15) is 0 Å². The van der Waals surface area contributed by atoms with Crippen LogP contribution in [0.15, 0.2) is 22.5 Å². The van der Waals surface area contributed by atoms with Gasteiger partial charge in [0.15, 0.2) is 11.8 Å². The van der Waals surface area contributed by atoms with E-state index >= 15 is 0 Å². The van der Waals surface area contributed by atoms with Crippen LogP contribution in [0.2, 0.25) is 0 Å². The molecule has 1 aliphatic heterocycles. The monoisotopic (exact) mass is 460 g/mol. The smallest absolute Gasteiger partial charge is 0.194 e. The Morgan fingerprint density at radius 3 is 2.75 bits per heavy atom. The van der Waals surface area contributed by atoms with Crippen molar-refractivity contribution in [2.24, 2.45) is 12.0 Å². The molecule has 2 aromatic heterocycles. The number of halogens is 1. The SMILES string of the molecule is Cc1nnc(CN=C(NCCc2cccs2)N2CCCC2)n1C.I. The maximum Gasteiger partial charge on any atom is 0.194 e. The summed E-state index contributed by atoms with van der Waals surface area (Å²) in [5.74, 6) is 2.82. The van der Waals surface area contributed by atoms with Gasteiger partial charge in [0.2, 0.25) is 0 Å². The van der Waals surface area contributed by atoms with Crippen LogP contribution in [0.25, 0.3) is 0 Å². The highest BCUT2D eigenvalue weighted by atomic mass is 127. The standard InChI is InChI=1S/C16H24N6S.HI/c1-13-19-20-15(21(13)2)12-18-16(22-9-3-4-10-22)17-8-7-14-6-5-11-23-14;/h5-6,11H,3-4,7-10,12H2,1-2H3,(H,17,18);1H. The zero-order valence-electron chi connectivity index (χ0n) is 14.2. The Hall–Kier alpha value is -1.16. The van der Waals surface area contributed by atoms with Crippen molar-refractivity contribution in [1.29, 1.82) is 0 Å². The summed E-state index contributed by atoms with van der Waals surface area (Å²) in [7, 11) is 1.99. The van der Waals surface area contributed by atoms with E-state index < -0.39 is 0 Å². The molecule has 6 nitrogen and oxygen atoms in total. The number of aliphatic imine (C=N–C) groups is 1. The molecule has 132 valence electrons. The minimum atomic E-state index is 0. The van der Waals surface area contributed by atoms with Crippen LogP contribution in [0, 0.1) is 6.92 Å². The van der Waals surface area contributed by atoms with Crippen LogP contribution in [0.3, 0.4) is 0 Å². The summed E-state index contributed by atoms with van der Waals surface area (Å²) in [4.78, 5) is 8.53. The number of nitrogens with zero attached hydrogens (tertiary/aromatic N) is 5. The van der Waals surface area contributed by atoms with Crippen molar-refractivity contribution >= 4 is 41.3 Å². The second kappa shape index (κ2) is 9.36. The van der Waals surface area contributed by atoms with Crippen LogP contribution in [-0.2, 0) is 20.0 Å². The molecule has 8 heteroatoms. The van der Waals surface area contributed by atoms with Crippen molar-refractivity contribution in [1.82, 2.24) is 25.0 Å². The summed E-state index contributed by atoms with van der Waals surface area (Å²) < 4.78 is 2.00. The number of rotatable bonds is 5. The molecule has 0 aromatic carbocycles. The second-order valence-electron chi connectivity index (χ2n) is 5.81. The molecule has 0 atom stereocenters. The van der Waals surface area contributed by atoms with Crippen LogP contribution in [-0.4, -0.2) is 45.3 Å². The number of hydrogen-bond donors (Lipinski definition) is 1. The Bertz CT molecular complexity index is 646. The van der Waals surface area contributed by atoms with Gasteiger partial charge in [0.25, 0.3) is 0 Å². The molecule has 1 aliphatic rings. The predicted octanol–water partition coefficient (Wildman–Crippen LogP) is 2.59. The van der Waals surface area contributed by atoms with E-state index in [9.17, 15) is 0 Å². The Balaban J connectivity index is 0.00000208. The van der Waals surface area contributed by atoms with Gasteiger partial charge in [-0.25, -0.2) is 4.99 Å². The molecule has 0 amide bonds. The number of likely N-dealkylation sites (tertiary alicyclic amines) is 1. The van der Waals surface area contributed by atoms with Crippen molar-refractivity contribution in [2.45, 2.75) is 32.7 Å². The Morgan fingerprint density at radius 1 is 1.33 bits per heavy atom. The van der Waals surface area contributed by atoms with E-state index in [1.165, 1.54) is 17.7 Å². The number of thiophene rings is 1. The summed E-state index contributed by atoms with van der Waals surface area (Å²) >= 11 is 1.81. The lowest BCUT2D eigenvalue weighted by Gasteiger charge is -2.21. The van der Waals surface area contributed by atoms with Gasteiger partial charge in [0.1, 0.15) is 12.4 Å². The molecular weight excluding hydrogens is 435 g/mol. The number of guanidine groups is 1. The Morgan fingerprint density at radius 2 is 2.12 bits per heavy atom. The van der Waals surface area contributed by atoms with E-state index in [-0.39, 0.29) is 24.0 Å². The third-order valence-corrected chi connectivity index (χ3v) is 5.13. The average Bonchev–Trinajstić information content (AvgIpc) is 3.29. The van der Waals surface area contributed by atoms with Crippen LogP contribution in [0.4, 0.5) is 0 Å². The van der Waals surface area contributed by atoms with Gasteiger partial charge in [0.05, 0.1) is 0 Å². The molecule has 1 saturated heterocycles. The first-order valence-corrected chi connectivity index (χ1v) is 9.02. The molecule has 1 fully saturated rings. The van der Waals surface area contributed by atoms with Gasteiger partial charge in [-0.3, -0.25) is 0 Å². The number of nitrogens with one attached hydrogen (secondary N) is 1. The molecular formula is C16H25IN6S. The van der Waals surface area contributed by atoms with E-state index in [4.69, 9.17) is 4.99 Å². The van der Waals surface area contributed by atoms with Crippen molar-refractivity contribution in [3.63, 3.8) is 0 Å². The largest absolute Gasteiger partial charge is 0.356 e. The van der Waals surface area contributed by atoms with Crippen molar-refractivity contribution in [2.75, 3.05) is 19.6 Å². The van der Waals surface area contributed by atoms with Gasteiger partial charge in [0, 0.05) is 31.6 Å². The van der Waals surface area contributed by atoms with Gasteiger partial charge in [-0.05, 0) is 37.6 Å². The van der Waals surface area contributed by atoms with Crippen LogP contribution in [0.5, 0.6) is 0 Å². The maximum absolute atomic E-state index is 4.78. The summed E-state index contributed by atoms with van der Waals surface area (Å²) in [6.07, 6.45) is 3.52. The van der Waals surface area contributed by atoms with E-state index in [2.05, 4.69) is 37.9 Å². The molecule has 24 heavy (non-hydrogen) atoms. The van der Waals surface area contributed by atoms with Gasteiger partial charge >= 0.3 is 0 Å². The van der Waals surface area contributed by atoms with E-state index in [0.717, 1.165) is 43.7 Å². The number of aryl methyl sites for hydroxylation is 1. The maximum atomic E-state index is 4.78. The van der Waals surface area contributed by atoms with Crippen molar-refractivity contribution in [3.8, 4) is 0 Å². The zero-order valence-corrected chi connectivity index (χ0v) is 17.4. The quantitative estimate of drug-likeness (QED) is 0.424. The van der Waals surface area contributed by atoms with Crippen molar-refractivity contribution in [3.05, 3.63) is 34.0 Å². The minimum Gasteiger partial charge on any atom is -0.356 e. The molecule has 0 saturated carbocycles. The van der Waals surface area contributed by atoms with Crippen LogP contribution < -0.4 is 5.32 Å². The first-order chi connectivity index (χ1) is 11.2. The molecule has 3 heterocycles. The summed E-state index contributed by atoms with van der Waals surface area (Å²) in [6.45, 7) is 5.61. The fourth-order valence-electron chi connectivity index (χ4n) is 2.68. The normalized spacial score (nSPS) is 14.8. The number of aromatic nitrogens is 3. The highest BCUT2D eigenvalue weighted by Crippen LogP contribution is 2.10. The highest BCUT2D eigenvalue weighted by molar-refractivity contribution is 14.0. The molecule has 1 N–H and O–H groups in total. The van der Waals surface area contributed by atoms with Gasteiger partial charge < -0.3 is 14.8 Å². The molecule has 0 spiro atoms. The second-order valence-corrected chi connectivity index (χ2v) is 6.84. The average molecular weight is 460 g/mol. The molecule has 0 unspecified atom stereocenters. The van der Waals surface area contributed by atoms with Crippen LogP contribution >= 0.6 is 35.3 Å². The van der Waals surface area contributed by atoms with Gasteiger partial charge in [-0.1, -0.05) is 6.07 Å². The van der Waals surface area contributed by atoms with Crippen LogP contribution in [0.1, 0.15) is 29.4 Å². The molecule has 0 radical (unpaired) electrons. The third kappa shape index (κ3) is 4.92. The minimum absolute atomic E-state index is 0. The first-order valence-electron chi connectivity index (χ1n) is 8.14. The predicted molar refractivity (Wildman–Crippen MR) is 109 cm³/mol. The fourth-order valence-corrected chi connectivity index (χ4v) is 3.39. The van der Waals surface area contributed by atoms with E-state index in [1.807, 2.05) is 18.5 Å². The van der Waals surface area contributed by atoms with E-state index in [0.29, 0.717) is 6.54 Å². The first kappa shape index (κ1) is 19.2. The lowest BCUT2D eigenvalue weighted by atomic mass is 10.3. The van der Waals surface area contributed by atoms with E-state index in [1.54, 1.807) is 11.3 Å². The molecule has 3 rings (SSSR count). The Kier molecular flexibility index (Phi) is 7.47. The van der Waals surface area contributed by atoms with Gasteiger partial charge in [-0.15, -0.1) is 45.5 Å². The third-order valence-electron chi connectivity index (χ3n) is 4.19. The lowest BCUT2D eigenvalue weighted by Crippen LogP contribution is -2.40. The summed E-state index contributed by atoms with van der Waals surface area (Å²) in [5, 5.41) is 13.9.